The number of nitrogens with one attached hydrogen (secondary N) is 1. The van der Waals surface area contributed by atoms with Gasteiger partial charge in [0.15, 0.2) is 0 Å². The fourth-order valence-electron chi connectivity index (χ4n) is 1.71. The van der Waals surface area contributed by atoms with Crippen molar-refractivity contribution in [1.82, 2.24) is 14.5 Å². The van der Waals surface area contributed by atoms with Crippen molar-refractivity contribution in [3.05, 3.63) is 32.6 Å². The Bertz CT molecular complexity index is 629. The number of carboxylic acid groups (broad SMARTS) is 1. The second-order valence-electron chi connectivity index (χ2n) is 4.84. The number of aliphatic carboxylic acids is 1. The molecule has 0 unspecified atom stereocenters. The van der Waals surface area contributed by atoms with E-state index in [9.17, 15) is 19.2 Å². The molecular weight excluding hydrogens is 266 g/mol. The second-order valence-corrected chi connectivity index (χ2v) is 4.84. The van der Waals surface area contributed by atoms with Crippen LogP contribution in [0.15, 0.2) is 15.8 Å². The van der Waals surface area contributed by atoms with Gasteiger partial charge in [0, 0.05) is 19.8 Å². The summed E-state index contributed by atoms with van der Waals surface area (Å²) in [6, 6.07) is 0. The summed E-state index contributed by atoms with van der Waals surface area (Å²) < 4.78 is 0.765. The summed E-state index contributed by atoms with van der Waals surface area (Å²) in [5.41, 5.74) is -1.65. The third-order valence-corrected chi connectivity index (χ3v) is 2.61. The van der Waals surface area contributed by atoms with Crippen LogP contribution in [0.1, 0.15) is 24.2 Å². The van der Waals surface area contributed by atoms with Gasteiger partial charge >= 0.3 is 11.7 Å². The topological polar surface area (TPSA) is 112 Å². The van der Waals surface area contributed by atoms with Gasteiger partial charge in [-0.1, -0.05) is 13.8 Å². The van der Waals surface area contributed by atoms with Gasteiger partial charge in [-0.2, -0.15) is 0 Å². The van der Waals surface area contributed by atoms with Gasteiger partial charge in [-0.25, -0.2) is 4.79 Å². The molecule has 1 amide bonds. The lowest BCUT2D eigenvalue weighted by molar-refractivity contribution is -0.137. The van der Waals surface area contributed by atoms with Crippen molar-refractivity contribution in [1.29, 1.82) is 0 Å². The van der Waals surface area contributed by atoms with Crippen molar-refractivity contribution in [3.8, 4) is 0 Å². The highest BCUT2D eigenvalue weighted by Gasteiger charge is 2.22. The van der Waals surface area contributed by atoms with Crippen LogP contribution in [0.5, 0.6) is 0 Å². The third-order valence-electron chi connectivity index (χ3n) is 2.61. The van der Waals surface area contributed by atoms with Crippen molar-refractivity contribution in [3.63, 3.8) is 0 Å². The number of rotatable bonds is 5. The van der Waals surface area contributed by atoms with Gasteiger partial charge in [-0.15, -0.1) is 0 Å². The van der Waals surface area contributed by atoms with Crippen molar-refractivity contribution >= 4 is 11.9 Å². The molecule has 0 aromatic carbocycles. The van der Waals surface area contributed by atoms with Gasteiger partial charge in [0.25, 0.3) is 11.5 Å². The maximum Gasteiger partial charge on any atom is 0.328 e. The van der Waals surface area contributed by atoms with Crippen LogP contribution in [0.3, 0.4) is 0 Å². The second kappa shape index (κ2) is 6.18. The molecule has 0 aliphatic carbocycles. The van der Waals surface area contributed by atoms with Crippen LogP contribution in [-0.4, -0.2) is 44.5 Å². The number of carbonyl (C=O) groups excluding carboxylic acids is 1. The maximum atomic E-state index is 12.2. The lowest BCUT2D eigenvalue weighted by Crippen LogP contribution is -2.43. The van der Waals surface area contributed by atoms with Crippen molar-refractivity contribution < 1.29 is 14.7 Å². The first-order valence-corrected chi connectivity index (χ1v) is 6.03. The molecule has 8 nitrogen and oxygen atoms in total. The van der Waals surface area contributed by atoms with E-state index in [1.54, 1.807) is 0 Å². The Labute approximate surface area is 114 Å². The third kappa shape index (κ3) is 3.56. The lowest BCUT2D eigenvalue weighted by atomic mass is 10.2. The average molecular weight is 283 g/mol. The van der Waals surface area contributed by atoms with E-state index in [-0.39, 0.29) is 18.0 Å². The molecule has 1 aromatic rings. The Kier molecular flexibility index (Phi) is 4.84. The average Bonchev–Trinajstić information content (AvgIpc) is 2.33. The first-order valence-electron chi connectivity index (χ1n) is 6.03. The van der Waals surface area contributed by atoms with E-state index in [1.165, 1.54) is 7.05 Å². The molecule has 0 bridgehead atoms. The zero-order chi connectivity index (χ0) is 15.4. The molecule has 2 N–H and O–H groups in total. The van der Waals surface area contributed by atoms with E-state index < -0.39 is 29.7 Å². The van der Waals surface area contributed by atoms with Gasteiger partial charge in [0.05, 0.1) is 0 Å². The SMILES string of the molecule is CC(C)CN(CC(=O)O)C(=O)c1c[nH]c(=O)n(C)c1=O. The number of H-pyrrole nitrogens is 1. The molecule has 0 saturated heterocycles. The minimum atomic E-state index is -1.17. The van der Waals surface area contributed by atoms with E-state index >= 15 is 0 Å². The van der Waals surface area contributed by atoms with Crippen LogP contribution in [-0.2, 0) is 11.8 Å². The minimum absolute atomic E-state index is 0.0462. The molecule has 0 saturated carbocycles. The van der Waals surface area contributed by atoms with Crippen LogP contribution < -0.4 is 11.2 Å². The fraction of sp³-hybridized carbons (Fsp3) is 0.500. The van der Waals surface area contributed by atoms with Crippen LogP contribution in [0.4, 0.5) is 0 Å². The normalized spacial score (nSPS) is 10.6. The summed E-state index contributed by atoms with van der Waals surface area (Å²) in [5.74, 6) is -1.83. The molecule has 0 fully saturated rings. The number of aromatic nitrogens is 2. The summed E-state index contributed by atoms with van der Waals surface area (Å²) in [6.07, 6.45) is 1.02. The van der Waals surface area contributed by atoms with Gasteiger partial charge in [0.2, 0.25) is 0 Å². The molecule has 0 aliphatic rings. The van der Waals surface area contributed by atoms with Gasteiger partial charge in [0.1, 0.15) is 12.1 Å². The number of nitrogens with zero attached hydrogens (tertiary/aromatic N) is 2. The van der Waals surface area contributed by atoms with Gasteiger partial charge < -0.3 is 15.0 Å². The first kappa shape index (κ1) is 15.7. The summed E-state index contributed by atoms with van der Waals surface area (Å²) in [7, 11) is 1.24. The van der Waals surface area contributed by atoms with E-state index in [0.29, 0.717) is 0 Å². The molecule has 20 heavy (non-hydrogen) atoms. The summed E-state index contributed by atoms with van der Waals surface area (Å²) in [5, 5.41) is 8.83. The predicted molar refractivity (Wildman–Crippen MR) is 70.7 cm³/mol. The summed E-state index contributed by atoms with van der Waals surface area (Å²) >= 11 is 0. The van der Waals surface area contributed by atoms with Crippen molar-refractivity contribution in [2.24, 2.45) is 13.0 Å². The fourth-order valence-corrected chi connectivity index (χ4v) is 1.71. The van der Waals surface area contributed by atoms with Crippen molar-refractivity contribution in [2.45, 2.75) is 13.8 Å². The Hall–Kier alpha value is -2.38. The molecule has 1 aromatic heterocycles. The summed E-state index contributed by atoms with van der Waals surface area (Å²) in [6.45, 7) is 3.35. The van der Waals surface area contributed by atoms with Crippen LogP contribution in [0, 0.1) is 5.92 Å². The molecule has 0 radical (unpaired) electrons. The Morgan fingerprint density at radius 2 is 2.00 bits per heavy atom. The van der Waals surface area contributed by atoms with E-state index in [2.05, 4.69) is 4.98 Å². The Balaban J connectivity index is 3.18. The smallest absolute Gasteiger partial charge is 0.328 e. The zero-order valence-corrected chi connectivity index (χ0v) is 11.5. The zero-order valence-electron chi connectivity index (χ0n) is 11.5. The Morgan fingerprint density at radius 1 is 1.40 bits per heavy atom. The largest absolute Gasteiger partial charge is 0.480 e. The van der Waals surface area contributed by atoms with E-state index in [4.69, 9.17) is 5.11 Å². The number of carboxylic acids is 1. The van der Waals surface area contributed by atoms with Crippen LogP contribution in [0.2, 0.25) is 0 Å². The lowest BCUT2D eigenvalue weighted by Gasteiger charge is -2.22. The number of hydrogen-bond donors (Lipinski definition) is 2. The standard InChI is InChI=1S/C12H17N3O5/c1-7(2)5-15(6-9(16)17)11(19)8-4-13-12(20)14(3)10(8)18/h4,7H,5-6H2,1-3H3,(H,13,20)(H,16,17). The molecule has 0 atom stereocenters. The molecule has 1 rings (SSSR count). The Morgan fingerprint density at radius 3 is 2.50 bits per heavy atom. The van der Waals surface area contributed by atoms with E-state index in [1.807, 2.05) is 13.8 Å². The number of aromatic amines is 1. The predicted octanol–water partition coefficient (Wildman–Crippen LogP) is -0.744. The number of carbonyl (C=O) groups is 2. The van der Waals surface area contributed by atoms with Crippen molar-refractivity contribution in [2.75, 3.05) is 13.1 Å². The summed E-state index contributed by atoms with van der Waals surface area (Å²) in [4.78, 5) is 49.4. The monoisotopic (exact) mass is 283 g/mol. The number of hydrogen-bond acceptors (Lipinski definition) is 4. The number of amides is 1. The molecule has 0 aliphatic heterocycles. The van der Waals surface area contributed by atoms with Crippen LogP contribution in [0.25, 0.3) is 0 Å². The minimum Gasteiger partial charge on any atom is -0.480 e. The van der Waals surface area contributed by atoms with Crippen LogP contribution >= 0.6 is 0 Å². The van der Waals surface area contributed by atoms with Gasteiger partial charge in [-0.05, 0) is 5.92 Å². The highest BCUT2D eigenvalue weighted by Crippen LogP contribution is 2.03. The highest BCUT2D eigenvalue weighted by atomic mass is 16.4. The molecular formula is C12H17N3O5. The molecule has 110 valence electrons. The quantitative estimate of drug-likeness (QED) is 0.738. The maximum absolute atomic E-state index is 12.2. The molecule has 1 heterocycles. The van der Waals surface area contributed by atoms with Gasteiger partial charge in [-0.3, -0.25) is 19.0 Å². The molecule has 8 heteroatoms. The van der Waals surface area contributed by atoms with E-state index in [0.717, 1.165) is 15.7 Å². The molecule has 0 spiro atoms. The highest BCUT2D eigenvalue weighted by molar-refractivity contribution is 5.95. The first-order chi connectivity index (χ1) is 9.23.